The summed E-state index contributed by atoms with van der Waals surface area (Å²) in [4.78, 5) is 24.1. The Bertz CT molecular complexity index is 652. The summed E-state index contributed by atoms with van der Waals surface area (Å²) < 4.78 is 21.5. The van der Waals surface area contributed by atoms with Crippen molar-refractivity contribution in [3.05, 3.63) is 29.3 Å². The van der Waals surface area contributed by atoms with Gasteiger partial charge >= 0.3 is 11.9 Å². The lowest BCUT2D eigenvalue weighted by molar-refractivity contribution is -0.222. The van der Waals surface area contributed by atoms with Gasteiger partial charge in [0.15, 0.2) is 11.5 Å². The summed E-state index contributed by atoms with van der Waals surface area (Å²) in [6.45, 7) is 8.06. The van der Waals surface area contributed by atoms with Crippen molar-refractivity contribution >= 4 is 18.0 Å². The second-order valence-corrected chi connectivity index (χ2v) is 6.08. The number of unbranched alkanes of at least 4 members (excludes halogenated alkanes) is 1. The van der Waals surface area contributed by atoms with Crippen molar-refractivity contribution in [2.75, 3.05) is 13.2 Å². The lowest BCUT2D eigenvalue weighted by Gasteiger charge is -2.29. The molecule has 1 aliphatic heterocycles. The molecule has 136 valence electrons. The molecule has 0 N–H and O–H groups in total. The summed E-state index contributed by atoms with van der Waals surface area (Å²) in [7, 11) is 0. The van der Waals surface area contributed by atoms with E-state index in [2.05, 4.69) is 6.92 Å². The molecule has 0 amide bonds. The normalized spacial score (nSPS) is 16.1. The highest BCUT2D eigenvalue weighted by Crippen LogP contribution is 2.31. The SMILES string of the molecule is CCCCOc1ccc(C=C2C(=O)OC(C)(C)OC2=O)cc1OCC. The zero-order chi connectivity index (χ0) is 18.4. The van der Waals surface area contributed by atoms with Crippen LogP contribution in [0.1, 0.15) is 46.1 Å². The van der Waals surface area contributed by atoms with Crippen LogP contribution >= 0.6 is 0 Å². The van der Waals surface area contributed by atoms with Crippen molar-refractivity contribution in [2.45, 2.75) is 46.3 Å². The molecular formula is C19H24O6. The minimum absolute atomic E-state index is 0.151. The monoisotopic (exact) mass is 348 g/mol. The van der Waals surface area contributed by atoms with E-state index in [1.165, 1.54) is 19.9 Å². The van der Waals surface area contributed by atoms with E-state index < -0.39 is 17.7 Å². The average molecular weight is 348 g/mol. The Hall–Kier alpha value is -2.50. The maximum atomic E-state index is 12.0. The fourth-order valence-corrected chi connectivity index (χ4v) is 2.27. The molecule has 0 radical (unpaired) electrons. The highest BCUT2D eigenvalue weighted by Gasteiger charge is 2.38. The van der Waals surface area contributed by atoms with E-state index in [1.807, 2.05) is 6.92 Å². The lowest BCUT2D eigenvalue weighted by Crippen LogP contribution is -2.41. The van der Waals surface area contributed by atoms with Crippen LogP contribution in [0.5, 0.6) is 11.5 Å². The molecule has 1 aliphatic rings. The molecule has 6 nitrogen and oxygen atoms in total. The van der Waals surface area contributed by atoms with Gasteiger partial charge in [0.1, 0.15) is 5.57 Å². The standard InChI is InChI=1S/C19H24O6/c1-5-7-10-23-15-9-8-13(12-16(15)22-6-2)11-14-17(20)24-19(3,4)25-18(14)21/h8-9,11-12H,5-7,10H2,1-4H3. The molecule has 1 saturated heterocycles. The molecule has 0 aliphatic carbocycles. The number of carbonyl (C=O) groups is 2. The highest BCUT2D eigenvalue weighted by atomic mass is 16.7. The van der Waals surface area contributed by atoms with Gasteiger partial charge in [-0.2, -0.15) is 0 Å². The number of hydrogen-bond acceptors (Lipinski definition) is 6. The molecule has 1 aromatic carbocycles. The Morgan fingerprint density at radius 2 is 1.72 bits per heavy atom. The number of ether oxygens (including phenoxy) is 4. The van der Waals surface area contributed by atoms with Gasteiger partial charge in [0, 0.05) is 13.8 Å². The number of hydrogen-bond donors (Lipinski definition) is 0. The van der Waals surface area contributed by atoms with Crippen molar-refractivity contribution in [1.29, 1.82) is 0 Å². The van der Waals surface area contributed by atoms with Gasteiger partial charge in [-0.3, -0.25) is 0 Å². The van der Waals surface area contributed by atoms with Gasteiger partial charge in [0.2, 0.25) is 0 Å². The second-order valence-electron chi connectivity index (χ2n) is 6.08. The largest absolute Gasteiger partial charge is 0.490 e. The first-order valence-electron chi connectivity index (χ1n) is 8.44. The lowest BCUT2D eigenvalue weighted by atomic mass is 10.1. The topological polar surface area (TPSA) is 71.1 Å². The summed E-state index contributed by atoms with van der Waals surface area (Å²) in [5, 5.41) is 0. The second kappa shape index (κ2) is 8.05. The van der Waals surface area contributed by atoms with Crippen LogP contribution in [0.15, 0.2) is 23.8 Å². The Kier molecular flexibility index (Phi) is 6.07. The quantitative estimate of drug-likeness (QED) is 0.325. The first-order valence-corrected chi connectivity index (χ1v) is 8.44. The highest BCUT2D eigenvalue weighted by molar-refractivity contribution is 6.18. The van der Waals surface area contributed by atoms with Crippen LogP contribution in [0.25, 0.3) is 6.08 Å². The molecular weight excluding hydrogens is 324 g/mol. The third-order valence-corrected chi connectivity index (χ3v) is 3.45. The molecule has 0 saturated carbocycles. The van der Waals surface area contributed by atoms with Crippen LogP contribution in [0.4, 0.5) is 0 Å². The van der Waals surface area contributed by atoms with Gasteiger partial charge in [-0.25, -0.2) is 9.59 Å². The molecule has 0 aromatic heterocycles. The molecule has 1 fully saturated rings. The van der Waals surface area contributed by atoms with Crippen LogP contribution in [-0.4, -0.2) is 30.9 Å². The van der Waals surface area contributed by atoms with E-state index in [0.717, 1.165) is 12.8 Å². The van der Waals surface area contributed by atoms with Crippen molar-refractivity contribution in [3.63, 3.8) is 0 Å². The first kappa shape index (κ1) is 18.8. The van der Waals surface area contributed by atoms with Gasteiger partial charge in [0.25, 0.3) is 5.79 Å². The molecule has 0 spiro atoms. The van der Waals surface area contributed by atoms with E-state index in [4.69, 9.17) is 18.9 Å². The van der Waals surface area contributed by atoms with Crippen molar-refractivity contribution in [1.82, 2.24) is 0 Å². The van der Waals surface area contributed by atoms with Crippen LogP contribution in [0.3, 0.4) is 0 Å². The fraction of sp³-hybridized carbons (Fsp3) is 0.474. The van der Waals surface area contributed by atoms with Crippen molar-refractivity contribution in [3.8, 4) is 11.5 Å². The minimum atomic E-state index is -1.25. The van der Waals surface area contributed by atoms with E-state index in [9.17, 15) is 9.59 Å². The number of benzene rings is 1. The average Bonchev–Trinajstić information content (AvgIpc) is 2.52. The zero-order valence-electron chi connectivity index (χ0n) is 15.1. The van der Waals surface area contributed by atoms with E-state index in [-0.39, 0.29) is 5.57 Å². The zero-order valence-corrected chi connectivity index (χ0v) is 15.1. The molecule has 25 heavy (non-hydrogen) atoms. The third-order valence-electron chi connectivity index (χ3n) is 3.45. The Morgan fingerprint density at radius 3 is 2.32 bits per heavy atom. The summed E-state index contributed by atoms with van der Waals surface area (Å²) in [6.07, 6.45) is 3.41. The van der Waals surface area contributed by atoms with E-state index in [0.29, 0.717) is 30.3 Å². The first-order chi connectivity index (χ1) is 11.9. The number of carbonyl (C=O) groups excluding carboxylic acids is 2. The van der Waals surface area contributed by atoms with E-state index >= 15 is 0 Å². The summed E-state index contributed by atoms with van der Waals surface area (Å²) in [6, 6.07) is 5.23. The minimum Gasteiger partial charge on any atom is -0.490 e. The maximum Gasteiger partial charge on any atom is 0.348 e. The van der Waals surface area contributed by atoms with Crippen LogP contribution in [0.2, 0.25) is 0 Å². The van der Waals surface area contributed by atoms with Crippen LogP contribution < -0.4 is 9.47 Å². The van der Waals surface area contributed by atoms with Gasteiger partial charge < -0.3 is 18.9 Å². The molecule has 0 atom stereocenters. The smallest absolute Gasteiger partial charge is 0.348 e. The third kappa shape index (κ3) is 4.98. The number of cyclic esters (lactones) is 2. The van der Waals surface area contributed by atoms with Gasteiger partial charge in [-0.15, -0.1) is 0 Å². The Balaban J connectivity index is 2.25. The summed E-state index contributed by atoms with van der Waals surface area (Å²) in [5.41, 5.74) is 0.469. The van der Waals surface area contributed by atoms with Gasteiger partial charge in [-0.05, 0) is 37.1 Å². The maximum absolute atomic E-state index is 12.0. The Morgan fingerprint density at radius 1 is 1.04 bits per heavy atom. The molecule has 1 aromatic rings. The van der Waals surface area contributed by atoms with E-state index in [1.54, 1.807) is 18.2 Å². The number of rotatable bonds is 7. The molecule has 0 bridgehead atoms. The fourth-order valence-electron chi connectivity index (χ4n) is 2.27. The van der Waals surface area contributed by atoms with Crippen LogP contribution in [0, 0.1) is 0 Å². The van der Waals surface area contributed by atoms with Crippen molar-refractivity contribution < 1.29 is 28.5 Å². The predicted molar refractivity (Wildman–Crippen MR) is 92.3 cm³/mol. The van der Waals surface area contributed by atoms with Crippen LogP contribution in [-0.2, 0) is 19.1 Å². The summed E-state index contributed by atoms with van der Waals surface area (Å²) >= 11 is 0. The summed E-state index contributed by atoms with van der Waals surface area (Å²) in [5.74, 6) is -1.47. The molecule has 6 heteroatoms. The van der Waals surface area contributed by atoms with Crippen molar-refractivity contribution in [2.24, 2.45) is 0 Å². The van der Waals surface area contributed by atoms with Gasteiger partial charge in [0.05, 0.1) is 13.2 Å². The Labute approximate surface area is 147 Å². The molecule has 2 rings (SSSR count). The number of esters is 2. The molecule has 0 unspecified atom stereocenters. The predicted octanol–water partition coefficient (Wildman–Crippen LogP) is 3.48. The molecule has 1 heterocycles. The van der Waals surface area contributed by atoms with Gasteiger partial charge in [-0.1, -0.05) is 19.4 Å².